The molecule has 0 aromatic rings. The van der Waals surface area contributed by atoms with Crippen molar-refractivity contribution in [3.05, 3.63) is 0 Å². The summed E-state index contributed by atoms with van der Waals surface area (Å²) in [5.74, 6) is 3.78. The maximum Gasteiger partial charge on any atom is 0.0154 e. The van der Waals surface area contributed by atoms with Crippen molar-refractivity contribution in [1.29, 1.82) is 0 Å². The second-order valence-corrected chi connectivity index (χ2v) is 6.39. The zero-order chi connectivity index (χ0) is 9.86. The number of nitrogens with two attached hydrogens (primary N) is 1. The van der Waals surface area contributed by atoms with Gasteiger partial charge in [-0.05, 0) is 55.9 Å². The Kier molecular flexibility index (Phi) is 3.78. The minimum Gasteiger partial charge on any atom is -0.325 e. The molecule has 82 valence electrons. The Balaban J connectivity index is 1.70. The Bertz CT molecular complexity index is 169. The van der Waals surface area contributed by atoms with Crippen LogP contribution in [0.3, 0.4) is 0 Å². The van der Waals surface area contributed by atoms with Crippen LogP contribution in [0.2, 0.25) is 0 Å². The van der Waals surface area contributed by atoms with Gasteiger partial charge < -0.3 is 5.73 Å². The van der Waals surface area contributed by atoms with Gasteiger partial charge in [0.2, 0.25) is 0 Å². The third kappa shape index (κ3) is 2.90. The molecule has 2 heteroatoms. The van der Waals surface area contributed by atoms with Crippen LogP contribution in [0.1, 0.15) is 51.4 Å². The predicted octanol–water partition coefficient (Wildman–Crippen LogP) is 3.18. The van der Waals surface area contributed by atoms with Crippen molar-refractivity contribution in [2.45, 2.75) is 56.9 Å². The van der Waals surface area contributed by atoms with Crippen molar-refractivity contribution in [2.75, 3.05) is 11.5 Å². The quantitative estimate of drug-likeness (QED) is 0.779. The van der Waals surface area contributed by atoms with Crippen LogP contribution in [0.15, 0.2) is 0 Å². The van der Waals surface area contributed by atoms with Gasteiger partial charge in [0, 0.05) is 5.54 Å². The second-order valence-electron chi connectivity index (χ2n) is 5.16. The molecule has 14 heavy (non-hydrogen) atoms. The zero-order valence-electron chi connectivity index (χ0n) is 9.13. The van der Waals surface area contributed by atoms with E-state index in [1.165, 1.54) is 62.9 Å². The second kappa shape index (κ2) is 4.89. The smallest absolute Gasteiger partial charge is 0.0154 e. The lowest BCUT2D eigenvalue weighted by atomic mass is 9.86. The molecule has 1 saturated carbocycles. The fourth-order valence-corrected chi connectivity index (χ4v) is 4.06. The van der Waals surface area contributed by atoms with Gasteiger partial charge in [-0.1, -0.05) is 12.8 Å². The summed E-state index contributed by atoms with van der Waals surface area (Å²) >= 11 is 2.12. The van der Waals surface area contributed by atoms with Crippen molar-refractivity contribution in [3.8, 4) is 0 Å². The molecule has 0 radical (unpaired) electrons. The van der Waals surface area contributed by atoms with Crippen LogP contribution in [0.25, 0.3) is 0 Å². The molecule has 0 bridgehead atoms. The first-order valence-corrected chi connectivity index (χ1v) is 7.31. The van der Waals surface area contributed by atoms with Crippen molar-refractivity contribution in [2.24, 2.45) is 11.7 Å². The summed E-state index contributed by atoms with van der Waals surface area (Å²) in [5, 5.41) is 0. The lowest BCUT2D eigenvalue weighted by Gasteiger charge is -2.28. The Morgan fingerprint density at radius 3 is 2.43 bits per heavy atom. The molecule has 1 heterocycles. The van der Waals surface area contributed by atoms with Crippen molar-refractivity contribution >= 4 is 11.8 Å². The Labute approximate surface area is 92.2 Å². The van der Waals surface area contributed by atoms with Crippen molar-refractivity contribution < 1.29 is 0 Å². The van der Waals surface area contributed by atoms with Crippen LogP contribution in [0.4, 0.5) is 0 Å². The number of hydrogen-bond donors (Lipinski definition) is 1. The average Bonchev–Trinajstić information content (AvgIpc) is 2.65. The van der Waals surface area contributed by atoms with E-state index in [1.807, 2.05) is 0 Å². The van der Waals surface area contributed by atoms with Crippen LogP contribution in [0.5, 0.6) is 0 Å². The molecule has 2 aliphatic rings. The summed E-state index contributed by atoms with van der Waals surface area (Å²) in [5.41, 5.74) is 6.61. The molecule has 2 N–H and O–H groups in total. The lowest BCUT2D eigenvalue weighted by Crippen LogP contribution is -2.36. The summed E-state index contributed by atoms with van der Waals surface area (Å²) in [6.45, 7) is 0. The molecule has 0 aromatic heterocycles. The van der Waals surface area contributed by atoms with E-state index in [4.69, 9.17) is 5.73 Å². The highest BCUT2D eigenvalue weighted by Crippen LogP contribution is 2.34. The Morgan fingerprint density at radius 2 is 1.79 bits per heavy atom. The maximum absolute atomic E-state index is 6.37. The standard InChI is InChI=1S/C12H23NS/c13-12(6-1-2-7-12)8-3-11-4-9-14-10-5-11/h11H,1-10,13H2. The molecule has 0 amide bonds. The molecule has 1 aliphatic carbocycles. The topological polar surface area (TPSA) is 26.0 Å². The Morgan fingerprint density at radius 1 is 1.14 bits per heavy atom. The van der Waals surface area contributed by atoms with Gasteiger partial charge in [0.15, 0.2) is 0 Å². The summed E-state index contributed by atoms with van der Waals surface area (Å²) in [7, 11) is 0. The van der Waals surface area contributed by atoms with Crippen LogP contribution >= 0.6 is 11.8 Å². The number of rotatable bonds is 3. The van der Waals surface area contributed by atoms with E-state index in [-0.39, 0.29) is 5.54 Å². The maximum atomic E-state index is 6.37. The molecule has 0 aromatic carbocycles. The highest BCUT2D eigenvalue weighted by Gasteiger charge is 2.29. The van der Waals surface area contributed by atoms with Gasteiger partial charge in [0.1, 0.15) is 0 Å². The zero-order valence-corrected chi connectivity index (χ0v) is 9.95. The summed E-state index contributed by atoms with van der Waals surface area (Å²) in [4.78, 5) is 0. The molecule has 1 nitrogen and oxygen atoms in total. The van der Waals surface area contributed by atoms with E-state index in [1.54, 1.807) is 0 Å². The third-order valence-corrected chi connectivity index (χ3v) is 5.04. The van der Waals surface area contributed by atoms with Gasteiger partial charge in [-0.3, -0.25) is 0 Å². The van der Waals surface area contributed by atoms with Crippen molar-refractivity contribution in [1.82, 2.24) is 0 Å². The van der Waals surface area contributed by atoms with Gasteiger partial charge in [0.05, 0.1) is 0 Å². The van der Waals surface area contributed by atoms with Crippen LogP contribution in [-0.4, -0.2) is 17.0 Å². The highest BCUT2D eigenvalue weighted by molar-refractivity contribution is 7.99. The Hall–Kier alpha value is 0.310. The van der Waals surface area contributed by atoms with Gasteiger partial charge in [-0.15, -0.1) is 0 Å². The normalized spacial score (nSPS) is 28.1. The molecule has 2 fully saturated rings. The van der Waals surface area contributed by atoms with Crippen LogP contribution in [0, 0.1) is 5.92 Å². The van der Waals surface area contributed by atoms with Gasteiger partial charge >= 0.3 is 0 Å². The molecule has 2 rings (SSSR count). The van der Waals surface area contributed by atoms with E-state index < -0.39 is 0 Å². The van der Waals surface area contributed by atoms with Gasteiger partial charge in [-0.2, -0.15) is 11.8 Å². The van der Waals surface area contributed by atoms with E-state index in [9.17, 15) is 0 Å². The molecule has 0 unspecified atom stereocenters. The first kappa shape index (κ1) is 10.8. The van der Waals surface area contributed by atoms with Gasteiger partial charge in [0.25, 0.3) is 0 Å². The fourth-order valence-electron chi connectivity index (χ4n) is 2.86. The highest BCUT2D eigenvalue weighted by atomic mass is 32.2. The summed E-state index contributed by atoms with van der Waals surface area (Å²) in [6, 6.07) is 0. The van der Waals surface area contributed by atoms with E-state index in [0.717, 1.165) is 5.92 Å². The lowest BCUT2D eigenvalue weighted by molar-refractivity contribution is 0.335. The van der Waals surface area contributed by atoms with Crippen molar-refractivity contribution in [3.63, 3.8) is 0 Å². The monoisotopic (exact) mass is 213 g/mol. The largest absolute Gasteiger partial charge is 0.325 e. The summed E-state index contributed by atoms with van der Waals surface area (Å²) in [6.07, 6.45) is 10.9. The van der Waals surface area contributed by atoms with E-state index in [2.05, 4.69) is 11.8 Å². The van der Waals surface area contributed by atoms with E-state index >= 15 is 0 Å². The molecular weight excluding hydrogens is 190 g/mol. The van der Waals surface area contributed by atoms with Gasteiger partial charge in [-0.25, -0.2) is 0 Å². The fraction of sp³-hybridized carbons (Fsp3) is 1.00. The summed E-state index contributed by atoms with van der Waals surface area (Å²) < 4.78 is 0. The molecular formula is C12H23NS. The predicted molar refractivity (Wildman–Crippen MR) is 64.7 cm³/mol. The third-order valence-electron chi connectivity index (χ3n) is 3.99. The molecule has 1 saturated heterocycles. The van der Waals surface area contributed by atoms with E-state index in [0.29, 0.717) is 0 Å². The molecule has 1 aliphatic heterocycles. The van der Waals surface area contributed by atoms with Crippen LogP contribution in [-0.2, 0) is 0 Å². The molecule has 0 atom stereocenters. The first-order valence-electron chi connectivity index (χ1n) is 6.15. The minimum atomic E-state index is 0.241. The number of thioether (sulfide) groups is 1. The minimum absolute atomic E-state index is 0.241. The molecule has 0 spiro atoms. The first-order chi connectivity index (χ1) is 6.79. The average molecular weight is 213 g/mol. The van der Waals surface area contributed by atoms with Crippen LogP contribution < -0.4 is 5.73 Å². The SMILES string of the molecule is NC1(CCC2CCSCC2)CCCC1. The number of hydrogen-bond acceptors (Lipinski definition) is 2.